The highest BCUT2D eigenvalue weighted by Crippen LogP contribution is 2.27. The van der Waals surface area contributed by atoms with E-state index in [1.165, 1.54) is 19.2 Å². The van der Waals surface area contributed by atoms with Crippen LogP contribution in [0.25, 0.3) is 0 Å². The zero-order chi connectivity index (χ0) is 12.3. The Bertz CT molecular complexity index is 516. The van der Waals surface area contributed by atoms with Crippen LogP contribution in [0.2, 0.25) is 0 Å². The molecular formula is C12H10BrFN2O. The number of nitrogens with one attached hydrogen (secondary N) is 1. The molecule has 0 saturated heterocycles. The monoisotopic (exact) mass is 296 g/mol. The summed E-state index contributed by atoms with van der Waals surface area (Å²) in [5.74, 6) is 0.860. The van der Waals surface area contributed by atoms with E-state index in [4.69, 9.17) is 4.74 Å². The van der Waals surface area contributed by atoms with E-state index in [-0.39, 0.29) is 5.82 Å². The highest BCUT2D eigenvalue weighted by Gasteiger charge is 2.05. The molecule has 0 aliphatic heterocycles. The predicted molar refractivity (Wildman–Crippen MR) is 68.2 cm³/mol. The molecule has 0 saturated carbocycles. The van der Waals surface area contributed by atoms with Crippen molar-refractivity contribution in [3.05, 3.63) is 46.8 Å². The first-order chi connectivity index (χ1) is 8.19. The van der Waals surface area contributed by atoms with Crippen LogP contribution < -0.4 is 10.1 Å². The Hall–Kier alpha value is -1.62. The van der Waals surface area contributed by atoms with E-state index in [1.54, 1.807) is 18.3 Å². The third kappa shape index (κ3) is 2.94. The van der Waals surface area contributed by atoms with Gasteiger partial charge in [-0.25, -0.2) is 9.37 Å². The Kier molecular flexibility index (Phi) is 3.58. The summed E-state index contributed by atoms with van der Waals surface area (Å²) in [5, 5.41) is 2.99. The van der Waals surface area contributed by atoms with Gasteiger partial charge < -0.3 is 10.1 Å². The molecule has 0 aliphatic rings. The highest BCUT2D eigenvalue weighted by atomic mass is 79.9. The molecule has 0 atom stereocenters. The van der Waals surface area contributed by atoms with Crippen molar-refractivity contribution < 1.29 is 9.13 Å². The summed E-state index contributed by atoms with van der Waals surface area (Å²) in [6, 6.07) is 7.91. The van der Waals surface area contributed by atoms with Gasteiger partial charge in [0.25, 0.3) is 0 Å². The molecule has 1 aromatic heterocycles. The summed E-state index contributed by atoms with van der Waals surface area (Å²) in [6.45, 7) is 0. The van der Waals surface area contributed by atoms with Gasteiger partial charge in [0.1, 0.15) is 17.4 Å². The number of hydrogen-bond acceptors (Lipinski definition) is 3. The lowest BCUT2D eigenvalue weighted by molar-refractivity contribution is 0.416. The summed E-state index contributed by atoms with van der Waals surface area (Å²) in [6.07, 6.45) is 1.66. The number of anilines is 2. The lowest BCUT2D eigenvalue weighted by Gasteiger charge is -2.10. The maximum Gasteiger partial charge on any atom is 0.142 e. The lowest BCUT2D eigenvalue weighted by Crippen LogP contribution is -1.97. The number of halogens is 2. The van der Waals surface area contributed by atoms with Gasteiger partial charge in [0.2, 0.25) is 0 Å². The largest absolute Gasteiger partial charge is 0.495 e. The Labute approximate surface area is 107 Å². The topological polar surface area (TPSA) is 34.1 Å². The van der Waals surface area contributed by atoms with E-state index in [0.29, 0.717) is 17.3 Å². The second-order valence-electron chi connectivity index (χ2n) is 3.33. The van der Waals surface area contributed by atoms with Crippen LogP contribution in [-0.4, -0.2) is 12.1 Å². The fourth-order valence-electron chi connectivity index (χ4n) is 1.37. The quantitative estimate of drug-likeness (QED) is 0.937. The van der Waals surface area contributed by atoms with Crippen LogP contribution in [0.3, 0.4) is 0 Å². The fraction of sp³-hybridized carbons (Fsp3) is 0.0833. The normalized spacial score (nSPS) is 10.1. The average molecular weight is 297 g/mol. The third-order valence-electron chi connectivity index (χ3n) is 2.15. The first kappa shape index (κ1) is 11.9. The van der Waals surface area contributed by atoms with Gasteiger partial charge in [-0.3, -0.25) is 0 Å². The molecule has 1 N–H and O–H groups in total. The average Bonchev–Trinajstić information content (AvgIpc) is 2.32. The number of methoxy groups -OCH3 is 1. The minimum atomic E-state index is -0.328. The second kappa shape index (κ2) is 5.14. The van der Waals surface area contributed by atoms with E-state index < -0.39 is 0 Å². The molecule has 0 bridgehead atoms. The number of ether oxygens (including phenoxy) is 1. The molecule has 1 heterocycles. The van der Waals surface area contributed by atoms with Crippen LogP contribution in [0.15, 0.2) is 41.0 Å². The van der Waals surface area contributed by atoms with Gasteiger partial charge in [-0.1, -0.05) is 0 Å². The molecule has 0 amide bonds. The number of pyridine rings is 1. The summed E-state index contributed by atoms with van der Waals surface area (Å²) in [4.78, 5) is 4.14. The molecular weight excluding hydrogens is 287 g/mol. The van der Waals surface area contributed by atoms with Crippen LogP contribution in [0.4, 0.5) is 15.9 Å². The number of aromatic nitrogens is 1. The molecule has 0 unspecified atom stereocenters. The molecule has 17 heavy (non-hydrogen) atoms. The van der Waals surface area contributed by atoms with Gasteiger partial charge in [-0.15, -0.1) is 0 Å². The summed E-state index contributed by atoms with van der Waals surface area (Å²) in [5.41, 5.74) is 0.544. The Balaban J connectivity index is 2.28. The van der Waals surface area contributed by atoms with Crippen molar-refractivity contribution in [1.29, 1.82) is 0 Å². The maximum absolute atomic E-state index is 13.1. The molecule has 88 valence electrons. The van der Waals surface area contributed by atoms with Crippen LogP contribution in [-0.2, 0) is 0 Å². The Morgan fingerprint density at radius 3 is 2.76 bits per heavy atom. The van der Waals surface area contributed by atoms with Gasteiger partial charge >= 0.3 is 0 Å². The highest BCUT2D eigenvalue weighted by molar-refractivity contribution is 9.10. The number of benzene rings is 1. The maximum atomic E-state index is 13.1. The Morgan fingerprint density at radius 2 is 2.12 bits per heavy atom. The summed E-state index contributed by atoms with van der Waals surface area (Å²) >= 11 is 3.30. The summed E-state index contributed by atoms with van der Waals surface area (Å²) in [7, 11) is 1.54. The molecule has 0 aliphatic carbocycles. The lowest BCUT2D eigenvalue weighted by atomic mass is 10.3. The van der Waals surface area contributed by atoms with Crippen LogP contribution in [0.1, 0.15) is 0 Å². The molecule has 1 aromatic carbocycles. The van der Waals surface area contributed by atoms with E-state index in [9.17, 15) is 4.39 Å². The molecule has 0 fully saturated rings. The van der Waals surface area contributed by atoms with Crippen molar-refractivity contribution in [2.24, 2.45) is 0 Å². The van der Waals surface area contributed by atoms with Gasteiger partial charge in [0.05, 0.1) is 12.8 Å². The van der Waals surface area contributed by atoms with E-state index in [0.717, 1.165) is 4.47 Å². The van der Waals surface area contributed by atoms with Crippen LogP contribution >= 0.6 is 15.9 Å². The minimum Gasteiger partial charge on any atom is -0.495 e. The summed E-state index contributed by atoms with van der Waals surface area (Å²) < 4.78 is 19.1. The first-order valence-corrected chi connectivity index (χ1v) is 5.70. The number of hydrogen-bond donors (Lipinski definition) is 1. The molecule has 5 heteroatoms. The first-order valence-electron chi connectivity index (χ1n) is 4.91. The van der Waals surface area contributed by atoms with Crippen LogP contribution in [0, 0.1) is 5.82 Å². The van der Waals surface area contributed by atoms with Crippen LogP contribution in [0.5, 0.6) is 5.75 Å². The third-order valence-corrected chi connectivity index (χ3v) is 2.62. The number of nitrogens with zero attached hydrogens (tertiary/aromatic N) is 1. The fourth-order valence-corrected chi connectivity index (χ4v) is 1.60. The van der Waals surface area contributed by atoms with Gasteiger partial charge in [-0.2, -0.15) is 0 Å². The Morgan fingerprint density at radius 1 is 1.29 bits per heavy atom. The van der Waals surface area contributed by atoms with Gasteiger partial charge in [0.15, 0.2) is 0 Å². The molecule has 2 rings (SSSR count). The zero-order valence-electron chi connectivity index (χ0n) is 9.08. The number of rotatable bonds is 3. The zero-order valence-corrected chi connectivity index (χ0v) is 10.7. The molecule has 0 radical (unpaired) electrons. The molecule has 0 spiro atoms. The van der Waals surface area contributed by atoms with Crippen molar-refractivity contribution in [2.75, 3.05) is 12.4 Å². The molecule has 2 aromatic rings. The van der Waals surface area contributed by atoms with E-state index >= 15 is 0 Å². The van der Waals surface area contributed by atoms with Crippen molar-refractivity contribution >= 4 is 27.4 Å². The standard InChI is InChI=1S/C12H10BrFN2O/c1-17-11-4-3-9(14)6-10(11)16-12-5-2-8(13)7-15-12/h2-7H,1H3,(H,15,16). The predicted octanol–water partition coefficient (Wildman–Crippen LogP) is 3.74. The molecule has 3 nitrogen and oxygen atoms in total. The second-order valence-corrected chi connectivity index (χ2v) is 4.25. The van der Waals surface area contributed by atoms with E-state index in [2.05, 4.69) is 26.2 Å². The van der Waals surface area contributed by atoms with E-state index in [1.807, 2.05) is 6.07 Å². The SMILES string of the molecule is COc1ccc(F)cc1Nc1ccc(Br)cn1. The van der Waals surface area contributed by atoms with Crippen molar-refractivity contribution in [3.8, 4) is 5.75 Å². The van der Waals surface area contributed by atoms with Gasteiger partial charge in [0, 0.05) is 16.7 Å². The smallest absolute Gasteiger partial charge is 0.142 e. The van der Waals surface area contributed by atoms with Crippen molar-refractivity contribution in [3.63, 3.8) is 0 Å². The van der Waals surface area contributed by atoms with Gasteiger partial charge in [-0.05, 0) is 40.2 Å². The minimum absolute atomic E-state index is 0.328. The van der Waals surface area contributed by atoms with Crippen molar-refractivity contribution in [1.82, 2.24) is 4.98 Å². The van der Waals surface area contributed by atoms with Crippen molar-refractivity contribution in [2.45, 2.75) is 0 Å².